The fourth-order valence-electron chi connectivity index (χ4n) is 4.13. The quantitative estimate of drug-likeness (QED) is 0.716. The van der Waals surface area contributed by atoms with E-state index < -0.39 is 24.3 Å². The molecular weight excluding hydrogens is 416 g/mol. The van der Waals surface area contributed by atoms with Gasteiger partial charge in [0.2, 0.25) is 0 Å². The minimum Gasteiger partial charge on any atom is -0.482 e. The second kappa shape index (κ2) is 8.07. The first-order valence-electron chi connectivity index (χ1n) is 10.5. The number of para-hydroxylation sites is 2. The average Bonchev–Trinajstić information content (AvgIpc) is 3.39. The molecule has 0 saturated heterocycles. The molecule has 0 aromatic heterocycles. The van der Waals surface area contributed by atoms with Crippen molar-refractivity contribution in [1.82, 2.24) is 0 Å². The van der Waals surface area contributed by atoms with Crippen LogP contribution in [-0.2, 0) is 19.1 Å². The van der Waals surface area contributed by atoms with E-state index in [-0.39, 0.29) is 19.1 Å². The van der Waals surface area contributed by atoms with Crippen molar-refractivity contribution in [3.8, 4) is 17.2 Å². The summed E-state index contributed by atoms with van der Waals surface area (Å²) in [7, 11) is 0. The number of carbonyl (C=O) groups excluding carboxylic acids is 3. The lowest BCUT2D eigenvalue weighted by molar-refractivity contribution is -0.146. The molecule has 3 aliphatic rings. The minimum atomic E-state index is -0.695. The van der Waals surface area contributed by atoms with Crippen LogP contribution in [0.1, 0.15) is 25.7 Å². The van der Waals surface area contributed by atoms with Gasteiger partial charge in [0.25, 0.3) is 17.6 Å². The maximum absolute atomic E-state index is 12.3. The van der Waals surface area contributed by atoms with Crippen LogP contribution in [0.4, 0.5) is 11.4 Å². The van der Waals surface area contributed by atoms with Crippen LogP contribution >= 0.6 is 0 Å². The maximum Gasteiger partial charge on any atom is 0.326 e. The monoisotopic (exact) mass is 438 g/mol. The molecule has 2 aromatic carbocycles. The number of rotatable bonds is 5. The average molecular weight is 438 g/mol. The molecule has 0 radical (unpaired) electrons. The molecular formula is C23H22N2O7. The predicted molar refractivity (Wildman–Crippen MR) is 113 cm³/mol. The summed E-state index contributed by atoms with van der Waals surface area (Å²) in [6, 6.07) is 12.1. The predicted octanol–water partition coefficient (Wildman–Crippen LogP) is 2.64. The molecule has 5 rings (SSSR count). The summed E-state index contributed by atoms with van der Waals surface area (Å²) in [4.78, 5) is 37.9. The van der Waals surface area contributed by atoms with E-state index in [1.807, 2.05) is 0 Å². The van der Waals surface area contributed by atoms with Crippen molar-refractivity contribution in [2.75, 3.05) is 30.0 Å². The van der Waals surface area contributed by atoms with Gasteiger partial charge in [-0.05, 0) is 37.1 Å². The summed E-state index contributed by atoms with van der Waals surface area (Å²) in [6.45, 7) is -0.938. The van der Waals surface area contributed by atoms with E-state index in [0.717, 1.165) is 25.7 Å². The zero-order valence-electron chi connectivity index (χ0n) is 17.3. The smallest absolute Gasteiger partial charge is 0.326 e. The van der Waals surface area contributed by atoms with Gasteiger partial charge < -0.3 is 24.3 Å². The summed E-state index contributed by atoms with van der Waals surface area (Å²) >= 11 is 0. The molecule has 0 unspecified atom stereocenters. The van der Waals surface area contributed by atoms with E-state index in [0.29, 0.717) is 28.6 Å². The second-order valence-corrected chi connectivity index (χ2v) is 7.93. The van der Waals surface area contributed by atoms with Crippen LogP contribution in [0.25, 0.3) is 0 Å². The van der Waals surface area contributed by atoms with E-state index in [2.05, 4.69) is 5.32 Å². The highest BCUT2D eigenvalue weighted by Gasteiger charge is 2.44. The molecule has 1 spiro atoms. The van der Waals surface area contributed by atoms with Gasteiger partial charge in [0, 0.05) is 24.6 Å². The van der Waals surface area contributed by atoms with Crippen LogP contribution in [0.15, 0.2) is 42.5 Å². The Bertz CT molecular complexity index is 1080. The third-order valence-electron chi connectivity index (χ3n) is 5.64. The van der Waals surface area contributed by atoms with Crippen LogP contribution in [0, 0.1) is 0 Å². The second-order valence-electron chi connectivity index (χ2n) is 7.93. The molecule has 0 bridgehead atoms. The molecule has 1 N–H and O–H groups in total. The molecule has 32 heavy (non-hydrogen) atoms. The van der Waals surface area contributed by atoms with Gasteiger partial charge in [0.05, 0.1) is 5.69 Å². The summed E-state index contributed by atoms with van der Waals surface area (Å²) in [6.07, 6.45) is 3.81. The molecule has 2 amide bonds. The number of anilines is 2. The summed E-state index contributed by atoms with van der Waals surface area (Å²) in [5.74, 6) is -0.361. The number of nitrogens with zero attached hydrogens (tertiary/aromatic N) is 1. The van der Waals surface area contributed by atoms with E-state index in [9.17, 15) is 14.4 Å². The Labute approximate surface area is 184 Å². The molecule has 2 aromatic rings. The zero-order valence-corrected chi connectivity index (χ0v) is 17.3. The summed E-state index contributed by atoms with van der Waals surface area (Å²) in [5, 5.41) is 2.68. The Morgan fingerprint density at radius 3 is 2.66 bits per heavy atom. The van der Waals surface area contributed by atoms with Crippen molar-refractivity contribution < 1.29 is 33.3 Å². The zero-order chi connectivity index (χ0) is 22.1. The lowest BCUT2D eigenvalue weighted by Crippen LogP contribution is -2.42. The van der Waals surface area contributed by atoms with Crippen molar-refractivity contribution >= 4 is 29.2 Å². The third-order valence-corrected chi connectivity index (χ3v) is 5.64. The Morgan fingerprint density at radius 2 is 1.81 bits per heavy atom. The molecule has 9 nitrogen and oxygen atoms in total. The molecule has 2 heterocycles. The van der Waals surface area contributed by atoms with Crippen LogP contribution < -0.4 is 24.4 Å². The first kappa shape index (κ1) is 20.2. The van der Waals surface area contributed by atoms with Gasteiger partial charge in [0.1, 0.15) is 12.3 Å². The number of ether oxygens (including phenoxy) is 4. The number of fused-ring (bicyclic) bond motifs is 2. The van der Waals surface area contributed by atoms with Crippen LogP contribution in [0.3, 0.4) is 0 Å². The topological polar surface area (TPSA) is 103 Å². The highest BCUT2D eigenvalue weighted by molar-refractivity contribution is 6.01. The van der Waals surface area contributed by atoms with Crippen molar-refractivity contribution in [3.63, 3.8) is 0 Å². The van der Waals surface area contributed by atoms with Gasteiger partial charge in [-0.1, -0.05) is 12.1 Å². The van der Waals surface area contributed by atoms with E-state index >= 15 is 0 Å². The van der Waals surface area contributed by atoms with Crippen LogP contribution in [0.2, 0.25) is 0 Å². The van der Waals surface area contributed by atoms with Crippen LogP contribution in [-0.4, -0.2) is 43.3 Å². The first-order chi connectivity index (χ1) is 15.5. The number of carbonyl (C=O) groups is 3. The molecule has 166 valence electrons. The molecule has 2 aliphatic heterocycles. The number of nitrogens with one attached hydrogen (secondary N) is 1. The van der Waals surface area contributed by atoms with Gasteiger partial charge >= 0.3 is 5.97 Å². The third kappa shape index (κ3) is 3.93. The highest BCUT2D eigenvalue weighted by Crippen LogP contribution is 2.47. The van der Waals surface area contributed by atoms with Gasteiger partial charge in [-0.25, -0.2) is 0 Å². The SMILES string of the molecule is O=C(COC(=O)CN1C(=O)COc2ccccc21)Nc1ccc2c(c1)OC1(CCCC1)O2. The Morgan fingerprint density at radius 1 is 1.03 bits per heavy atom. The lowest BCUT2D eigenvalue weighted by atomic mass is 10.2. The van der Waals surface area contributed by atoms with E-state index in [1.54, 1.807) is 42.5 Å². The van der Waals surface area contributed by atoms with Crippen molar-refractivity contribution in [2.45, 2.75) is 31.5 Å². The number of esters is 1. The van der Waals surface area contributed by atoms with E-state index in [1.165, 1.54) is 4.90 Å². The van der Waals surface area contributed by atoms with Crippen molar-refractivity contribution in [3.05, 3.63) is 42.5 Å². The molecule has 1 fully saturated rings. The number of benzene rings is 2. The Kier molecular flexibility index (Phi) is 5.08. The molecule has 0 atom stereocenters. The summed E-state index contributed by atoms with van der Waals surface area (Å²) in [5.41, 5.74) is 1.01. The van der Waals surface area contributed by atoms with Gasteiger partial charge in [-0.3, -0.25) is 19.3 Å². The fraction of sp³-hybridized carbons (Fsp3) is 0.348. The van der Waals surface area contributed by atoms with Gasteiger partial charge in [-0.2, -0.15) is 0 Å². The van der Waals surface area contributed by atoms with Gasteiger partial charge in [-0.15, -0.1) is 0 Å². The van der Waals surface area contributed by atoms with Gasteiger partial charge in [0.15, 0.2) is 24.7 Å². The maximum atomic E-state index is 12.3. The lowest BCUT2D eigenvalue weighted by Gasteiger charge is -2.28. The standard InChI is InChI=1S/C23H22N2O7/c26-20(24-15-7-8-18-19(11-15)32-23(31-18)9-3-4-10-23)13-30-22(28)12-25-16-5-1-2-6-17(16)29-14-21(25)27/h1-2,5-8,11H,3-4,9-10,12-14H2,(H,24,26). The van der Waals surface area contributed by atoms with Crippen molar-refractivity contribution in [1.29, 1.82) is 0 Å². The van der Waals surface area contributed by atoms with Crippen molar-refractivity contribution in [2.24, 2.45) is 0 Å². The number of hydrogen-bond acceptors (Lipinski definition) is 7. The molecule has 1 saturated carbocycles. The number of hydrogen-bond donors (Lipinski definition) is 1. The fourth-order valence-corrected chi connectivity index (χ4v) is 4.13. The largest absolute Gasteiger partial charge is 0.482 e. The molecule has 9 heteroatoms. The number of amides is 2. The summed E-state index contributed by atoms with van der Waals surface area (Å²) < 4.78 is 22.4. The Balaban J connectivity index is 1.14. The highest BCUT2D eigenvalue weighted by atomic mass is 16.7. The van der Waals surface area contributed by atoms with E-state index in [4.69, 9.17) is 18.9 Å². The first-order valence-corrected chi connectivity index (χ1v) is 10.5. The van der Waals surface area contributed by atoms with Crippen LogP contribution in [0.5, 0.6) is 17.2 Å². The Hall–Kier alpha value is -3.75. The minimum absolute atomic E-state index is 0.157. The molecule has 1 aliphatic carbocycles. The normalized spacial score (nSPS) is 17.6.